The van der Waals surface area contributed by atoms with Crippen LogP contribution in [0.15, 0.2) is 18.2 Å². The number of anilines is 1. The molecule has 2 rings (SSSR count). The highest BCUT2D eigenvalue weighted by Gasteiger charge is 2.41. The van der Waals surface area contributed by atoms with Crippen molar-refractivity contribution in [3.8, 4) is 0 Å². The second kappa shape index (κ2) is 4.31. The van der Waals surface area contributed by atoms with Gasteiger partial charge in [-0.3, -0.25) is 0 Å². The summed E-state index contributed by atoms with van der Waals surface area (Å²) in [7, 11) is 0. The fourth-order valence-electron chi connectivity index (χ4n) is 2.23. The van der Waals surface area contributed by atoms with Gasteiger partial charge < -0.3 is 10.4 Å². The maximum absolute atomic E-state index is 13.5. The maximum atomic E-state index is 13.5. The summed E-state index contributed by atoms with van der Waals surface area (Å²) in [6.45, 7) is 0. The Balaban J connectivity index is 2.30. The normalized spacial score (nSPS) is 18.0. The molecule has 0 radical (unpaired) electrons. The number of rotatable bonds is 3. The molecule has 0 bridgehead atoms. The lowest BCUT2D eigenvalue weighted by Gasteiger charge is -2.26. The predicted octanol–water partition coefficient (Wildman–Crippen LogP) is 2.77. The first-order chi connectivity index (χ1) is 8.05. The third-order valence-corrected chi connectivity index (χ3v) is 3.19. The number of hydrogen-bond donors (Lipinski definition) is 2. The summed E-state index contributed by atoms with van der Waals surface area (Å²) in [5, 5.41) is 11.9. The average Bonchev–Trinajstić information content (AvgIpc) is 2.75. The number of halogens is 2. The van der Waals surface area contributed by atoms with E-state index in [2.05, 4.69) is 5.32 Å². The van der Waals surface area contributed by atoms with E-state index >= 15 is 0 Å². The van der Waals surface area contributed by atoms with Crippen molar-refractivity contribution >= 4 is 11.7 Å². The van der Waals surface area contributed by atoms with Gasteiger partial charge in [0.25, 0.3) is 0 Å². The lowest BCUT2D eigenvalue weighted by atomic mass is 9.97. The summed E-state index contributed by atoms with van der Waals surface area (Å²) >= 11 is 0. The fourth-order valence-corrected chi connectivity index (χ4v) is 2.23. The molecule has 92 valence electrons. The standard InChI is InChI=1S/C12H13F2NO2/c13-8-4-3-5-9(10(8)14)15-12(11(16)17)6-1-2-7-12/h3-5,15H,1-2,6-7H2,(H,16,17). The molecular weight excluding hydrogens is 228 g/mol. The lowest BCUT2D eigenvalue weighted by Crippen LogP contribution is -2.43. The number of carbonyl (C=O) groups is 1. The Morgan fingerprint density at radius 1 is 1.29 bits per heavy atom. The lowest BCUT2D eigenvalue weighted by molar-refractivity contribution is -0.142. The van der Waals surface area contributed by atoms with Crippen molar-refractivity contribution in [2.75, 3.05) is 5.32 Å². The zero-order valence-corrected chi connectivity index (χ0v) is 9.17. The summed E-state index contributed by atoms with van der Waals surface area (Å²) in [6.07, 6.45) is 2.41. The van der Waals surface area contributed by atoms with Crippen LogP contribution in [0.5, 0.6) is 0 Å². The van der Waals surface area contributed by atoms with Gasteiger partial charge in [-0.15, -0.1) is 0 Å². The number of benzene rings is 1. The van der Waals surface area contributed by atoms with Crippen molar-refractivity contribution < 1.29 is 18.7 Å². The van der Waals surface area contributed by atoms with Gasteiger partial charge in [-0.2, -0.15) is 0 Å². The Bertz CT molecular complexity index is 442. The van der Waals surface area contributed by atoms with Crippen molar-refractivity contribution in [1.82, 2.24) is 0 Å². The van der Waals surface area contributed by atoms with Crippen molar-refractivity contribution in [2.24, 2.45) is 0 Å². The van der Waals surface area contributed by atoms with Gasteiger partial charge in [-0.25, -0.2) is 13.6 Å². The topological polar surface area (TPSA) is 49.3 Å². The minimum atomic E-state index is -1.16. The van der Waals surface area contributed by atoms with Crippen molar-refractivity contribution in [3.05, 3.63) is 29.8 Å². The molecule has 17 heavy (non-hydrogen) atoms. The molecule has 3 nitrogen and oxygen atoms in total. The first kappa shape index (κ1) is 11.8. The van der Waals surface area contributed by atoms with Crippen LogP contribution in [0.3, 0.4) is 0 Å². The largest absolute Gasteiger partial charge is 0.480 e. The first-order valence-corrected chi connectivity index (χ1v) is 5.51. The molecule has 0 heterocycles. The smallest absolute Gasteiger partial charge is 0.329 e. The molecule has 0 unspecified atom stereocenters. The van der Waals surface area contributed by atoms with Gasteiger partial charge in [0, 0.05) is 0 Å². The van der Waals surface area contributed by atoms with Crippen molar-refractivity contribution in [1.29, 1.82) is 0 Å². The Labute approximate surface area is 97.5 Å². The van der Waals surface area contributed by atoms with Gasteiger partial charge in [0.15, 0.2) is 11.6 Å². The van der Waals surface area contributed by atoms with E-state index in [0.717, 1.165) is 18.9 Å². The molecule has 1 aromatic carbocycles. The molecule has 0 spiro atoms. The second-order valence-corrected chi connectivity index (χ2v) is 4.32. The van der Waals surface area contributed by atoms with Crippen molar-refractivity contribution in [3.63, 3.8) is 0 Å². The Morgan fingerprint density at radius 2 is 1.94 bits per heavy atom. The minimum absolute atomic E-state index is 0.0886. The molecule has 0 saturated heterocycles. The molecular formula is C12H13F2NO2. The van der Waals surface area contributed by atoms with E-state index in [1.165, 1.54) is 12.1 Å². The van der Waals surface area contributed by atoms with Crippen LogP contribution < -0.4 is 5.32 Å². The van der Waals surface area contributed by atoms with Gasteiger partial charge >= 0.3 is 5.97 Å². The molecule has 5 heteroatoms. The molecule has 1 aromatic rings. The summed E-state index contributed by atoms with van der Waals surface area (Å²) < 4.78 is 26.5. The van der Waals surface area contributed by atoms with Gasteiger partial charge in [0.1, 0.15) is 5.54 Å². The summed E-state index contributed by atoms with van der Waals surface area (Å²) in [6, 6.07) is 3.70. The van der Waals surface area contributed by atoms with Gasteiger partial charge in [-0.05, 0) is 25.0 Å². The van der Waals surface area contributed by atoms with Crippen LogP contribution in [0.4, 0.5) is 14.5 Å². The monoisotopic (exact) mass is 241 g/mol. The molecule has 0 atom stereocenters. The number of nitrogens with one attached hydrogen (secondary N) is 1. The minimum Gasteiger partial charge on any atom is -0.480 e. The molecule has 2 N–H and O–H groups in total. The van der Waals surface area contributed by atoms with Gasteiger partial charge in [0.05, 0.1) is 5.69 Å². The van der Waals surface area contributed by atoms with Gasteiger partial charge in [0.2, 0.25) is 0 Å². The summed E-state index contributed by atoms with van der Waals surface area (Å²) in [5.74, 6) is -3.02. The van der Waals surface area contributed by atoms with Crippen LogP contribution in [0.2, 0.25) is 0 Å². The van der Waals surface area contributed by atoms with Gasteiger partial charge in [-0.1, -0.05) is 18.9 Å². The Morgan fingerprint density at radius 3 is 2.53 bits per heavy atom. The summed E-state index contributed by atoms with van der Waals surface area (Å²) in [4.78, 5) is 11.2. The van der Waals surface area contributed by atoms with Crippen LogP contribution >= 0.6 is 0 Å². The maximum Gasteiger partial charge on any atom is 0.329 e. The highest BCUT2D eigenvalue weighted by atomic mass is 19.2. The number of carboxylic acids is 1. The van der Waals surface area contributed by atoms with Crippen LogP contribution in [-0.2, 0) is 4.79 Å². The van der Waals surface area contributed by atoms with Crippen LogP contribution in [0.1, 0.15) is 25.7 Å². The third-order valence-electron chi connectivity index (χ3n) is 3.19. The molecule has 1 aliphatic carbocycles. The van der Waals surface area contributed by atoms with Crippen LogP contribution in [0, 0.1) is 11.6 Å². The number of carboxylic acid groups (broad SMARTS) is 1. The molecule has 1 saturated carbocycles. The number of hydrogen-bond acceptors (Lipinski definition) is 2. The van der Waals surface area contributed by atoms with E-state index in [1.54, 1.807) is 0 Å². The highest BCUT2D eigenvalue weighted by molar-refractivity contribution is 5.83. The number of aliphatic carboxylic acids is 1. The van der Waals surface area contributed by atoms with E-state index in [1.807, 2.05) is 0 Å². The van der Waals surface area contributed by atoms with E-state index in [-0.39, 0.29) is 5.69 Å². The predicted molar refractivity (Wildman–Crippen MR) is 58.8 cm³/mol. The SMILES string of the molecule is O=C(O)C1(Nc2cccc(F)c2F)CCCC1. The molecule has 0 amide bonds. The third kappa shape index (κ3) is 2.09. The first-order valence-electron chi connectivity index (χ1n) is 5.51. The zero-order chi connectivity index (χ0) is 12.5. The Kier molecular flexibility index (Phi) is 3.00. The quantitative estimate of drug-likeness (QED) is 0.855. The van der Waals surface area contributed by atoms with Crippen LogP contribution in [0.25, 0.3) is 0 Å². The van der Waals surface area contributed by atoms with E-state index in [0.29, 0.717) is 12.8 Å². The zero-order valence-electron chi connectivity index (χ0n) is 9.17. The molecule has 0 aromatic heterocycles. The van der Waals surface area contributed by atoms with Crippen molar-refractivity contribution in [2.45, 2.75) is 31.2 Å². The van der Waals surface area contributed by atoms with E-state index in [9.17, 15) is 18.7 Å². The summed E-state index contributed by atoms with van der Waals surface area (Å²) in [5.41, 5.74) is -1.25. The molecule has 0 aliphatic heterocycles. The molecule has 1 fully saturated rings. The van der Waals surface area contributed by atoms with E-state index < -0.39 is 23.1 Å². The Hall–Kier alpha value is -1.65. The average molecular weight is 241 g/mol. The second-order valence-electron chi connectivity index (χ2n) is 4.32. The highest BCUT2D eigenvalue weighted by Crippen LogP contribution is 2.34. The van der Waals surface area contributed by atoms with Crippen LogP contribution in [-0.4, -0.2) is 16.6 Å². The fraction of sp³-hybridized carbons (Fsp3) is 0.417. The molecule has 1 aliphatic rings. The van der Waals surface area contributed by atoms with E-state index in [4.69, 9.17) is 0 Å².